The Morgan fingerprint density at radius 2 is 1.71 bits per heavy atom. The smallest absolute Gasteiger partial charge is 0.333 e. The van der Waals surface area contributed by atoms with E-state index in [0.717, 1.165) is 6.26 Å². The second-order valence-corrected chi connectivity index (χ2v) is 7.16. The van der Waals surface area contributed by atoms with Crippen molar-refractivity contribution in [2.45, 2.75) is 10.9 Å². The lowest BCUT2D eigenvalue weighted by atomic mass is 10.1. The quantitative estimate of drug-likeness (QED) is 0.832. The first-order chi connectivity index (χ1) is 11.3. The Bertz CT molecular complexity index is 846. The van der Waals surface area contributed by atoms with Gasteiger partial charge in [0.05, 0.1) is 12.0 Å². The minimum atomic E-state index is -3.43. The highest BCUT2D eigenvalue weighted by atomic mass is 32.2. The van der Waals surface area contributed by atoms with Crippen molar-refractivity contribution in [3.63, 3.8) is 0 Å². The summed E-state index contributed by atoms with van der Waals surface area (Å²) in [7, 11) is -2.20. The van der Waals surface area contributed by atoms with Crippen molar-refractivity contribution < 1.29 is 22.7 Å². The number of sulfone groups is 1. The lowest BCUT2D eigenvalue weighted by molar-refractivity contribution is -0.143. The van der Waals surface area contributed by atoms with E-state index in [-0.39, 0.29) is 10.5 Å². The van der Waals surface area contributed by atoms with E-state index in [4.69, 9.17) is 4.74 Å². The van der Waals surface area contributed by atoms with Crippen LogP contribution in [0.5, 0.6) is 0 Å². The zero-order valence-corrected chi connectivity index (χ0v) is 14.0. The van der Waals surface area contributed by atoms with Gasteiger partial charge < -0.3 is 10.1 Å². The Morgan fingerprint density at radius 1 is 1.04 bits per heavy atom. The highest BCUT2D eigenvalue weighted by Crippen LogP contribution is 2.16. The van der Waals surface area contributed by atoms with Crippen LogP contribution in [-0.2, 0) is 19.4 Å². The van der Waals surface area contributed by atoms with E-state index in [1.807, 2.05) is 0 Å². The monoisotopic (exact) mass is 347 g/mol. The largest absolute Gasteiger partial charge is 0.467 e. The van der Waals surface area contributed by atoms with Gasteiger partial charge in [-0.05, 0) is 23.8 Å². The zero-order chi connectivity index (χ0) is 17.7. The van der Waals surface area contributed by atoms with E-state index in [1.54, 1.807) is 30.3 Å². The first-order valence-corrected chi connectivity index (χ1v) is 8.96. The van der Waals surface area contributed by atoms with Crippen molar-refractivity contribution in [2.24, 2.45) is 0 Å². The molecule has 0 heterocycles. The van der Waals surface area contributed by atoms with Gasteiger partial charge in [-0.25, -0.2) is 13.2 Å². The maximum atomic E-state index is 12.4. The summed E-state index contributed by atoms with van der Waals surface area (Å²) in [5, 5.41) is 2.57. The zero-order valence-electron chi connectivity index (χ0n) is 13.2. The molecular weight excluding hydrogens is 330 g/mol. The van der Waals surface area contributed by atoms with Crippen LogP contribution in [0.25, 0.3) is 0 Å². The van der Waals surface area contributed by atoms with Crippen molar-refractivity contribution in [2.75, 3.05) is 13.4 Å². The number of hydrogen-bond acceptors (Lipinski definition) is 5. The van der Waals surface area contributed by atoms with Crippen LogP contribution >= 0.6 is 0 Å². The van der Waals surface area contributed by atoms with E-state index >= 15 is 0 Å². The van der Waals surface area contributed by atoms with Crippen molar-refractivity contribution in [1.29, 1.82) is 0 Å². The summed E-state index contributed by atoms with van der Waals surface area (Å²) < 4.78 is 27.9. The minimum absolute atomic E-state index is 0.0319. The number of rotatable bonds is 5. The molecule has 2 rings (SSSR count). The van der Waals surface area contributed by atoms with Crippen LogP contribution in [-0.4, -0.2) is 33.7 Å². The van der Waals surface area contributed by atoms with E-state index in [2.05, 4.69) is 5.32 Å². The summed E-state index contributed by atoms with van der Waals surface area (Å²) in [6, 6.07) is 13.3. The summed E-state index contributed by atoms with van der Waals surface area (Å²) in [5.74, 6) is -1.19. The normalized spacial score (nSPS) is 12.2. The van der Waals surface area contributed by atoms with Gasteiger partial charge >= 0.3 is 5.97 Å². The summed E-state index contributed by atoms with van der Waals surface area (Å²) in [5.41, 5.74) is 0.708. The number of carbonyl (C=O) groups excluding carboxylic acids is 2. The molecule has 0 spiro atoms. The molecule has 0 radical (unpaired) electrons. The summed E-state index contributed by atoms with van der Waals surface area (Å²) in [4.78, 5) is 24.4. The molecule has 6 nitrogen and oxygen atoms in total. The molecule has 24 heavy (non-hydrogen) atoms. The third kappa shape index (κ3) is 4.20. The molecule has 0 aliphatic carbocycles. The molecule has 126 valence electrons. The van der Waals surface area contributed by atoms with Gasteiger partial charge in [-0.15, -0.1) is 0 Å². The fourth-order valence-corrected chi connectivity index (χ4v) is 2.79. The van der Waals surface area contributed by atoms with Crippen LogP contribution in [0.1, 0.15) is 22.0 Å². The highest BCUT2D eigenvalue weighted by molar-refractivity contribution is 7.90. The molecular formula is C17H17NO5S. The minimum Gasteiger partial charge on any atom is -0.467 e. The summed E-state index contributed by atoms with van der Waals surface area (Å²) in [6.45, 7) is 0. The molecule has 1 atom stereocenters. The van der Waals surface area contributed by atoms with E-state index in [9.17, 15) is 18.0 Å². The van der Waals surface area contributed by atoms with Gasteiger partial charge in [-0.1, -0.05) is 36.4 Å². The molecule has 0 bridgehead atoms. The molecule has 1 N–H and O–H groups in total. The fraction of sp³-hybridized carbons (Fsp3) is 0.176. The maximum absolute atomic E-state index is 12.4. The van der Waals surface area contributed by atoms with Crippen LogP contribution in [0, 0.1) is 0 Å². The number of carbonyl (C=O) groups is 2. The number of hydrogen-bond donors (Lipinski definition) is 1. The lowest BCUT2D eigenvalue weighted by Crippen LogP contribution is -2.34. The van der Waals surface area contributed by atoms with Gasteiger partial charge in [0, 0.05) is 11.8 Å². The number of nitrogens with one attached hydrogen (secondary N) is 1. The second kappa shape index (κ2) is 7.27. The fourth-order valence-electron chi connectivity index (χ4n) is 2.12. The van der Waals surface area contributed by atoms with Crippen molar-refractivity contribution in [3.05, 3.63) is 65.7 Å². The summed E-state index contributed by atoms with van der Waals surface area (Å²) >= 11 is 0. The SMILES string of the molecule is COC(=O)[C@H](NC(=O)c1cccc(S(C)(=O)=O)c1)c1ccccc1. The molecule has 7 heteroatoms. The van der Waals surface area contributed by atoms with Crippen LogP contribution in [0.3, 0.4) is 0 Å². The maximum Gasteiger partial charge on any atom is 0.333 e. The van der Waals surface area contributed by atoms with E-state index in [0.29, 0.717) is 5.56 Å². The average molecular weight is 347 g/mol. The van der Waals surface area contributed by atoms with Crippen molar-refractivity contribution in [3.8, 4) is 0 Å². The summed E-state index contributed by atoms with van der Waals surface area (Å²) in [6.07, 6.45) is 1.06. The molecule has 2 aromatic carbocycles. The highest BCUT2D eigenvalue weighted by Gasteiger charge is 2.24. The van der Waals surface area contributed by atoms with Gasteiger partial charge in [0.1, 0.15) is 0 Å². The predicted octanol–water partition coefficient (Wildman–Crippen LogP) is 1.73. The Labute approximate surface area is 140 Å². The molecule has 0 saturated heterocycles. The first kappa shape index (κ1) is 17.7. The lowest BCUT2D eigenvalue weighted by Gasteiger charge is -2.17. The Hall–Kier alpha value is -2.67. The van der Waals surface area contributed by atoms with Crippen LogP contribution in [0.2, 0.25) is 0 Å². The van der Waals surface area contributed by atoms with Crippen LogP contribution in [0.4, 0.5) is 0 Å². The number of benzene rings is 2. The van der Waals surface area contributed by atoms with Gasteiger partial charge in [0.2, 0.25) is 0 Å². The number of amides is 1. The number of esters is 1. The Balaban J connectivity index is 2.30. The van der Waals surface area contributed by atoms with Crippen LogP contribution in [0.15, 0.2) is 59.5 Å². The van der Waals surface area contributed by atoms with Crippen LogP contribution < -0.4 is 5.32 Å². The molecule has 0 aliphatic rings. The van der Waals surface area contributed by atoms with Gasteiger partial charge in [0.15, 0.2) is 15.9 Å². The Kier molecular flexibility index (Phi) is 5.35. The first-order valence-electron chi connectivity index (χ1n) is 7.06. The standard InChI is InChI=1S/C17H17NO5S/c1-23-17(20)15(12-7-4-3-5-8-12)18-16(19)13-9-6-10-14(11-13)24(2,21)22/h3-11,15H,1-2H3,(H,18,19)/t15-/m1/s1. The van der Waals surface area contributed by atoms with Gasteiger partial charge in [0.25, 0.3) is 5.91 Å². The van der Waals surface area contributed by atoms with Gasteiger partial charge in [-0.3, -0.25) is 4.79 Å². The molecule has 0 fully saturated rings. The Morgan fingerprint density at radius 3 is 2.29 bits per heavy atom. The molecule has 0 aliphatic heterocycles. The van der Waals surface area contributed by atoms with Gasteiger partial charge in [-0.2, -0.15) is 0 Å². The second-order valence-electron chi connectivity index (χ2n) is 5.14. The van der Waals surface area contributed by atoms with Crippen molar-refractivity contribution in [1.82, 2.24) is 5.32 Å². The number of methoxy groups -OCH3 is 1. The van der Waals surface area contributed by atoms with E-state index < -0.39 is 27.8 Å². The predicted molar refractivity (Wildman–Crippen MR) is 88.2 cm³/mol. The third-order valence-corrected chi connectivity index (χ3v) is 4.48. The average Bonchev–Trinajstić information content (AvgIpc) is 2.59. The third-order valence-electron chi connectivity index (χ3n) is 3.37. The molecule has 0 unspecified atom stereocenters. The molecule has 0 aromatic heterocycles. The van der Waals surface area contributed by atoms with Crippen molar-refractivity contribution >= 4 is 21.7 Å². The molecule has 2 aromatic rings. The number of ether oxygens (including phenoxy) is 1. The van der Waals surface area contributed by atoms with E-state index in [1.165, 1.54) is 31.4 Å². The molecule has 0 saturated carbocycles. The topological polar surface area (TPSA) is 89.5 Å². The molecule has 1 amide bonds.